The molecule has 0 saturated heterocycles. The molecule has 0 bridgehead atoms. The molecule has 3 aromatic rings. The van der Waals surface area contributed by atoms with Gasteiger partial charge in [-0.15, -0.1) is 0 Å². The number of hydrogen-bond acceptors (Lipinski definition) is 5. The number of urea groups is 1. The van der Waals surface area contributed by atoms with Crippen LogP contribution in [0.4, 0.5) is 32.3 Å². The molecule has 2 amide bonds. The highest BCUT2D eigenvalue weighted by molar-refractivity contribution is 6.30. The first-order valence-electron chi connectivity index (χ1n) is 10.2. The third kappa shape index (κ3) is 4.24. The second-order valence-corrected chi connectivity index (χ2v) is 8.22. The Morgan fingerprint density at radius 1 is 1.25 bits per heavy atom. The molecule has 7 nitrogen and oxygen atoms in total. The van der Waals surface area contributed by atoms with Gasteiger partial charge in [0, 0.05) is 35.6 Å². The van der Waals surface area contributed by atoms with E-state index in [-0.39, 0.29) is 29.8 Å². The van der Waals surface area contributed by atoms with E-state index in [1.807, 2.05) is 37.3 Å². The zero-order chi connectivity index (χ0) is 22.8. The Kier molecular flexibility index (Phi) is 6.25. The summed E-state index contributed by atoms with van der Waals surface area (Å²) in [6, 6.07) is 12.7. The van der Waals surface area contributed by atoms with E-state index in [1.54, 1.807) is 19.2 Å². The van der Waals surface area contributed by atoms with Gasteiger partial charge in [-0.25, -0.2) is 14.2 Å². The maximum atomic E-state index is 14.7. The van der Waals surface area contributed by atoms with Crippen molar-refractivity contribution < 1.29 is 14.3 Å². The molecule has 9 heteroatoms. The number of aromatic nitrogens is 2. The summed E-state index contributed by atoms with van der Waals surface area (Å²) in [6.45, 7) is 3.72. The van der Waals surface area contributed by atoms with Crippen molar-refractivity contribution in [3.8, 4) is 0 Å². The SMILES string of the molecule is CC(CO)CN1C(=O)N(c2ccc(Cl)cc2F)C(C)c2cnc(Nc3ccccc3)nc21. The van der Waals surface area contributed by atoms with E-state index in [2.05, 4.69) is 15.3 Å². The van der Waals surface area contributed by atoms with Gasteiger partial charge in [-0.1, -0.05) is 36.7 Å². The molecular weight excluding hydrogens is 433 g/mol. The highest BCUT2D eigenvalue weighted by Gasteiger charge is 2.39. The largest absolute Gasteiger partial charge is 0.396 e. The van der Waals surface area contributed by atoms with Crippen LogP contribution >= 0.6 is 11.6 Å². The van der Waals surface area contributed by atoms with Gasteiger partial charge in [0.2, 0.25) is 5.95 Å². The lowest BCUT2D eigenvalue weighted by molar-refractivity contribution is 0.230. The molecule has 2 atom stereocenters. The quantitative estimate of drug-likeness (QED) is 0.537. The highest BCUT2D eigenvalue weighted by Crippen LogP contribution is 2.40. The molecule has 1 aliphatic rings. The Bertz CT molecular complexity index is 1130. The minimum Gasteiger partial charge on any atom is -0.396 e. The molecule has 1 aromatic heterocycles. The molecule has 2 unspecified atom stereocenters. The summed E-state index contributed by atoms with van der Waals surface area (Å²) >= 11 is 5.90. The van der Waals surface area contributed by atoms with Gasteiger partial charge in [0.15, 0.2) is 0 Å². The Labute approximate surface area is 190 Å². The van der Waals surface area contributed by atoms with Crippen molar-refractivity contribution in [1.82, 2.24) is 9.97 Å². The van der Waals surface area contributed by atoms with Crippen LogP contribution in [0, 0.1) is 11.7 Å². The minimum absolute atomic E-state index is 0.107. The lowest BCUT2D eigenvalue weighted by atomic mass is 10.0. The number of amides is 2. The van der Waals surface area contributed by atoms with Gasteiger partial charge in [0.1, 0.15) is 11.6 Å². The van der Waals surface area contributed by atoms with Gasteiger partial charge in [-0.3, -0.25) is 9.80 Å². The van der Waals surface area contributed by atoms with E-state index < -0.39 is 17.9 Å². The topological polar surface area (TPSA) is 81.6 Å². The van der Waals surface area contributed by atoms with Crippen molar-refractivity contribution >= 4 is 40.8 Å². The van der Waals surface area contributed by atoms with Crippen molar-refractivity contribution in [2.24, 2.45) is 5.92 Å². The maximum absolute atomic E-state index is 14.7. The van der Waals surface area contributed by atoms with Crippen molar-refractivity contribution in [3.63, 3.8) is 0 Å². The van der Waals surface area contributed by atoms with Crippen molar-refractivity contribution in [3.05, 3.63) is 71.1 Å². The standard InChI is InChI=1S/C23H23ClFN5O2/c1-14(13-31)12-29-21-18(11-26-22(28-21)27-17-6-4-3-5-7-17)15(2)30(23(29)32)20-9-8-16(24)10-19(20)25/h3-11,14-15,31H,12-13H2,1-2H3,(H,26,27,28). The van der Waals surface area contributed by atoms with Gasteiger partial charge in [-0.2, -0.15) is 4.98 Å². The number of rotatable bonds is 6. The Balaban J connectivity index is 1.77. The molecule has 1 aliphatic heterocycles. The normalized spacial score (nSPS) is 16.7. The first kappa shape index (κ1) is 22.0. The number of benzene rings is 2. The second kappa shape index (κ2) is 9.10. The van der Waals surface area contributed by atoms with Crippen LogP contribution in [0.15, 0.2) is 54.7 Å². The Morgan fingerprint density at radius 2 is 2.00 bits per heavy atom. The molecule has 0 aliphatic carbocycles. The summed E-state index contributed by atoms with van der Waals surface area (Å²) in [4.78, 5) is 25.4. The van der Waals surface area contributed by atoms with Gasteiger partial charge in [0.25, 0.3) is 0 Å². The summed E-state index contributed by atoms with van der Waals surface area (Å²) in [5, 5.41) is 13.0. The molecule has 2 N–H and O–H groups in total. The second-order valence-electron chi connectivity index (χ2n) is 7.79. The summed E-state index contributed by atoms with van der Waals surface area (Å²) < 4.78 is 14.7. The first-order chi connectivity index (χ1) is 15.4. The lowest BCUT2D eigenvalue weighted by Gasteiger charge is -2.41. The molecule has 32 heavy (non-hydrogen) atoms. The van der Waals surface area contributed by atoms with Crippen molar-refractivity contribution in [1.29, 1.82) is 0 Å². The summed E-state index contributed by atoms with van der Waals surface area (Å²) in [5.41, 5.74) is 1.59. The average molecular weight is 456 g/mol. The fraction of sp³-hybridized carbons (Fsp3) is 0.261. The average Bonchev–Trinajstić information content (AvgIpc) is 2.78. The number of fused-ring (bicyclic) bond motifs is 1. The van der Waals surface area contributed by atoms with E-state index in [1.165, 1.54) is 21.9 Å². The van der Waals surface area contributed by atoms with E-state index in [4.69, 9.17) is 11.6 Å². The van der Waals surface area contributed by atoms with Crippen LogP contribution in [0.5, 0.6) is 0 Å². The molecule has 4 rings (SSSR count). The van der Waals surface area contributed by atoms with Crippen LogP contribution in [-0.4, -0.2) is 34.3 Å². The number of carbonyl (C=O) groups is 1. The number of anilines is 4. The number of aliphatic hydroxyl groups excluding tert-OH is 1. The number of nitrogens with one attached hydrogen (secondary N) is 1. The molecule has 2 heterocycles. The predicted octanol–water partition coefficient (Wildman–Crippen LogP) is 5.15. The smallest absolute Gasteiger partial charge is 0.330 e. The molecule has 0 fully saturated rings. The van der Waals surface area contributed by atoms with Crippen LogP contribution in [0.1, 0.15) is 25.5 Å². The third-order valence-electron chi connectivity index (χ3n) is 5.33. The molecule has 166 valence electrons. The van der Waals surface area contributed by atoms with Gasteiger partial charge < -0.3 is 10.4 Å². The number of para-hydroxylation sites is 1. The van der Waals surface area contributed by atoms with Crippen LogP contribution in [0.2, 0.25) is 5.02 Å². The number of carbonyl (C=O) groups excluding carboxylic acids is 1. The number of hydrogen-bond donors (Lipinski definition) is 2. The predicted molar refractivity (Wildman–Crippen MR) is 123 cm³/mol. The number of aliphatic hydroxyl groups is 1. The Morgan fingerprint density at radius 3 is 2.69 bits per heavy atom. The molecule has 2 aromatic carbocycles. The fourth-order valence-electron chi connectivity index (χ4n) is 3.65. The number of halogens is 2. The van der Waals surface area contributed by atoms with Gasteiger partial charge in [0.05, 0.1) is 11.7 Å². The lowest BCUT2D eigenvalue weighted by Crippen LogP contribution is -2.51. The molecular formula is C23H23ClFN5O2. The zero-order valence-electron chi connectivity index (χ0n) is 17.7. The van der Waals surface area contributed by atoms with E-state index in [0.717, 1.165) is 5.69 Å². The van der Waals surface area contributed by atoms with Crippen molar-refractivity contribution in [2.75, 3.05) is 28.3 Å². The summed E-state index contributed by atoms with van der Waals surface area (Å²) in [6.07, 6.45) is 1.64. The fourth-order valence-corrected chi connectivity index (χ4v) is 3.81. The molecule has 0 saturated carbocycles. The summed E-state index contributed by atoms with van der Waals surface area (Å²) in [5.74, 6) is -0.0400. The van der Waals surface area contributed by atoms with Crippen LogP contribution in [0.25, 0.3) is 0 Å². The third-order valence-corrected chi connectivity index (χ3v) is 5.57. The van der Waals surface area contributed by atoms with Crippen LogP contribution < -0.4 is 15.1 Å². The monoisotopic (exact) mass is 455 g/mol. The highest BCUT2D eigenvalue weighted by atomic mass is 35.5. The van der Waals surface area contributed by atoms with Crippen molar-refractivity contribution in [2.45, 2.75) is 19.9 Å². The van der Waals surface area contributed by atoms with E-state index in [0.29, 0.717) is 17.3 Å². The number of nitrogens with zero attached hydrogens (tertiary/aromatic N) is 4. The van der Waals surface area contributed by atoms with E-state index in [9.17, 15) is 14.3 Å². The Hall–Kier alpha value is -3.23. The first-order valence-corrected chi connectivity index (χ1v) is 10.6. The molecule has 0 spiro atoms. The zero-order valence-corrected chi connectivity index (χ0v) is 18.4. The van der Waals surface area contributed by atoms with E-state index >= 15 is 0 Å². The van der Waals surface area contributed by atoms with Crippen LogP contribution in [0.3, 0.4) is 0 Å². The van der Waals surface area contributed by atoms with Gasteiger partial charge >= 0.3 is 6.03 Å². The molecule has 0 radical (unpaired) electrons. The summed E-state index contributed by atoms with van der Waals surface area (Å²) in [7, 11) is 0. The maximum Gasteiger partial charge on any atom is 0.330 e. The van der Waals surface area contributed by atoms with Gasteiger partial charge in [-0.05, 0) is 43.2 Å². The van der Waals surface area contributed by atoms with Crippen LogP contribution in [-0.2, 0) is 0 Å². The minimum atomic E-state index is -0.598.